The minimum Gasteiger partial charge on any atom is -0.346 e. The van der Waals surface area contributed by atoms with E-state index in [9.17, 15) is 48.3 Å². The van der Waals surface area contributed by atoms with Gasteiger partial charge in [0.2, 0.25) is 5.91 Å². The number of nitrogens with zero attached hydrogens (tertiary/aromatic N) is 5. The third kappa shape index (κ3) is 8.67. The molecule has 0 radical (unpaired) electrons. The predicted octanol–water partition coefficient (Wildman–Crippen LogP) is 8.98. The summed E-state index contributed by atoms with van der Waals surface area (Å²) in [6.07, 6.45) is -8.23. The van der Waals surface area contributed by atoms with E-state index in [0.717, 1.165) is 30.3 Å². The molecule has 2 aromatic carbocycles. The molecule has 0 saturated heterocycles. The molecule has 1 fully saturated rings. The first-order valence-electron chi connectivity index (χ1n) is 18.3. The molecule has 1 amide bonds. The lowest BCUT2D eigenvalue weighted by molar-refractivity contribution is -0.142. The first-order chi connectivity index (χ1) is 28.7. The van der Waals surface area contributed by atoms with Crippen molar-refractivity contribution in [2.75, 3.05) is 17.2 Å². The number of hydrogen-bond donors (Lipinski definition) is 2. The van der Waals surface area contributed by atoms with Gasteiger partial charge in [-0.25, -0.2) is 22.2 Å². The van der Waals surface area contributed by atoms with Gasteiger partial charge in [-0.2, -0.15) is 45.3 Å². The van der Waals surface area contributed by atoms with E-state index in [1.165, 1.54) is 38.1 Å². The first kappa shape index (κ1) is 45.0. The van der Waals surface area contributed by atoms with E-state index in [2.05, 4.69) is 37.1 Å². The highest BCUT2D eigenvalue weighted by Gasteiger charge is 2.68. The number of fused-ring (bicyclic) bond motifs is 4. The van der Waals surface area contributed by atoms with Crippen molar-refractivity contribution in [3.63, 3.8) is 0 Å². The highest BCUT2D eigenvalue weighted by molar-refractivity contribution is 7.99. The standard InChI is InChI=1S/C39H32ClF10N7O3S2/c1-36(2,62(4,59)60)10-9-21-5-6-22(23-7-8-26(40)30-32(23)57(17-37(43,44)45)54-35(30)55-61-3)31(51-21)27(13-18-11-19(41)14-20(42)12-18)52-28(58)16-56-34-29(33(53-56)39(48,49)50)24-15-25(24)38(34,46)47/h5-8,11-12,14,24-25,27H,13,15-17H2,1-4H3,(H,52,58)(H,54,55)/t24?,25-,27?/m1/s1. The third-order valence-electron chi connectivity index (χ3n) is 10.5. The molecule has 0 spiro atoms. The summed E-state index contributed by atoms with van der Waals surface area (Å²) in [4.78, 5) is 18.6. The van der Waals surface area contributed by atoms with Crippen LogP contribution in [0.3, 0.4) is 0 Å². The molecule has 3 heterocycles. The van der Waals surface area contributed by atoms with E-state index >= 15 is 8.78 Å². The van der Waals surface area contributed by atoms with Gasteiger partial charge >= 0.3 is 12.4 Å². The van der Waals surface area contributed by atoms with Crippen LogP contribution in [0.4, 0.5) is 49.7 Å². The fraction of sp³-hybridized carbons (Fsp3) is 0.385. The third-order valence-corrected chi connectivity index (χ3v) is 13.2. The maximum atomic E-state index is 15.4. The zero-order valence-electron chi connectivity index (χ0n) is 32.5. The Morgan fingerprint density at radius 3 is 2.29 bits per heavy atom. The minimum atomic E-state index is -5.15. The fourth-order valence-electron chi connectivity index (χ4n) is 7.44. The Labute approximate surface area is 355 Å². The second-order valence-corrected chi connectivity index (χ2v) is 18.9. The summed E-state index contributed by atoms with van der Waals surface area (Å²) in [7, 11) is -3.80. The lowest BCUT2D eigenvalue weighted by atomic mass is 9.93. The molecule has 23 heteroatoms. The first-order valence-corrected chi connectivity index (χ1v) is 21.8. The molecule has 2 aliphatic rings. The molecular formula is C39H32ClF10N7O3S2. The van der Waals surface area contributed by atoms with Gasteiger partial charge in [-0.1, -0.05) is 35.5 Å². The monoisotopic (exact) mass is 935 g/mol. The van der Waals surface area contributed by atoms with Crippen LogP contribution in [0.5, 0.6) is 0 Å². The molecule has 2 N–H and O–H groups in total. The smallest absolute Gasteiger partial charge is 0.346 e. The van der Waals surface area contributed by atoms with Gasteiger partial charge < -0.3 is 10.0 Å². The average molecular weight is 936 g/mol. The number of pyridine rings is 1. The molecule has 0 aliphatic heterocycles. The number of rotatable bonds is 11. The lowest BCUT2D eigenvalue weighted by Crippen LogP contribution is -2.35. The van der Waals surface area contributed by atoms with Crippen LogP contribution in [0.25, 0.3) is 22.0 Å². The van der Waals surface area contributed by atoms with E-state index in [-0.39, 0.29) is 60.9 Å². The van der Waals surface area contributed by atoms with Gasteiger partial charge in [0.1, 0.15) is 40.9 Å². The predicted molar refractivity (Wildman–Crippen MR) is 210 cm³/mol. The fourth-order valence-corrected chi connectivity index (χ4v) is 8.26. The van der Waals surface area contributed by atoms with Gasteiger partial charge in [0.15, 0.2) is 21.3 Å². The van der Waals surface area contributed by atoms with Crippen molar-refractivity contribution in [2.24, 2.45) is 5.92 Å². The van der Waals surface area contributed by atoms with Crippen molar-refractivity contribution in [3.8, 4) is 23.0 Å². The van der Waals surface area contributed by atoms with Crippen molar-refractivity contribution >= 4 is 56.0 Å². The molecule has 0 bridgehead atoms. The molecule has 5 aromatic rings. The molecule has 10 nitrogen and oxygen atoms in total. The molecule has 3 atom stereocenters. The van der Waals surface area contributed by atoms with E-state index in [1.54, 1.807) is 6.26 Å². The van der Waals surface area contributed by atoms with Gasteiger partial charge in [0.25, 0.3) is 5.92 Å². The van der Waals surface area contributed by atoms with Crippen LogP contribution in [0.1, 0.15) is 66.1 Å². The van der Waals surface area contributed by atoms with E-state index in [1.807, 2.05) is 0 Å². The Morgan fingerprint density at radius 1 is 1.02 bits per heavy atom. The quantitative estimate of drug-likeness (QED) is 0.0765. The number of hydrogen-bond acceptors (Lipinski definition) is 8. The Kier molecular flexibility index (Phi) is 11.4. The number of benzene rings is 2. The van der Waals surface area contributed by atoms with E-state index < -0.39 is 105 Å². The molecule has 62 heavy (non-hydrogen) atoms. The molecule has 1 saturated carbocycles. The summed E-state index contributed by atoms with van der Waals surface area (Å²) >= 11 is 7.54. The molecule has 3 aromatic heterocycles. The Balaban J connectivity index is 1.43. The summed E-state index contributed by atoms with van der Waals surface area (Å²) in [5, 5.41) is 10.00. The number of sulfone groups is 1. The SMILES string of the molecule is CSNc1nn(CC(F)(F)F)c2c(-c3ccc(C#CC(C)(C)S(C)(=O)=O)nc3C(Cc3cc(F)cc(F)c3)NC(=O)Cn3nc(C(F)(F)F)c4c3C(F)(F)[C@@H]3CC43)ccc(Cl)c12. The average Bonchev–Trinajstić information content (AvgIpc) is 3.66. The van der Waals surface area contributed by atoms with Gasteiger partial charge in [0, 0.05) is 41.2 Å². The largest absolute Gasteiger partial charge is 0.435 e. The number of alkyl halides is 8. The summed E-state index contributed by atoms with van der Waals surface area (Å²) in [6.45, 7) is -0.210. The van der Waals surface area contributed by atoms with E-state index in [4.69, 9.17) is 11.6 Å². The number of aromatic nitrogens is 5. The normalized spacial score (nSPS) is 17.6. The Bertz CT molecular complexity index is 2790. The number of halogens is 11. The van der Waals surface area contributed by atoms with Crippen LogP contribution in [0, 0.1) is 29.4 Å². The zero-order chi connectivity index (χ0) is 45.5. The highest BCUT2D eigenvalue weighted by atomic mass is 35.5. The van der Waals surface area contributed by atoms with Crippen molar-refractivity contribution in [1.82, 2.24) is 29.9 Å². The molecule has 330 valence electrons. The van der Waals surface area contributed by atoms with Crippen LogP contribution < -0.4 is 10.0 Å². The number of carbonyl (C=O) groups is 1. The second-order valence-electron chi connectivity index (χ2n) is 15.3. The van der Waals surface area contributed by atoms with Crippen molar-refractivity contribution in [3.05, 3.63) is 93.0 Å². The van der Waals surface area contributed by atoms with Crippen molar-refractivity contribution < 1.29 is 57.1 Å². The minimum absolute atomic E-state index is 0.0206. The Morgan fingerprint density at radius 2 is 1.68 bits per heavy atom. The molecule has 2 aliphatic carbocycles. The number of amides is 1. The number of anilines is 1. The summed E-state index contributed by atoms with van der Waals surface area (Å²) in [5.74, 6) is -4.48. The maximum absolute atomic E-state index is 15.4. The van der Waals surface area contributed by atoms with Crippen LogP contribution in [0.15, 0.2) is 42.5 Å². The topological polar surface area (TPSA) is 124 Å². The van der Waals surface area contributed by atoms with Crippen molar-refractivity contribution in [2.45, 2.75) is 74.8 Å². The van der Waals surface area contributed by atoms with Crippen LogP contribution in [-0.4, -0.2) is 62.3 Å². The highest BCUT2D eigenvalue weighted by Crippen LogP contribution is 2.68. The lowest BCUT2D eigenvalue weighted by Gasteiger charge is -2.23. The van der Waals surface area contributed by atoms with Crippen LogP contribution >= 0.6 is 23.5 Å². The summed E-state index contributed by atoms with van der Waals surface area (Å²) in [6, 6.07) is 6.00. The van der Waals surface area contributed by atoms with Crippen LogP contribution in [0.2, 0.25) is 5.02 Å². The second kappa shape index (κ2) is 15.7. The summed E-state index contributed by atoms with van der Waals surface area (Å²) in [5.41, 5.74) is -4.18. The molecular weight excluding hydrogens is 904 g/mol. The van der Waals surface area contributed by atoms with Gasteiger partial charge in [0.05, 0.1) is 27.7 Å². The summed E-state index contributed by atoms with van der Waals surface area (Å²) < 4.78 is 172. The maximum Gasteiger partial charge on any atom is 0.435 e. The van der Waals surface area contributed by atoms with Gasteiger partial charge in [-0.3, -0.25) is 14.2 Å². The number of nitrogens with one attached hydrogen (secondary N) is 2. The van der Waals surface area contributed by atoms with Crippen molar-refractivity contribution in [1.29, 1.82) is 0 Å². The van der Waals surface area contributed by atoms with Gasteiger partial charge in [-0.05, 0) is 74.4 Å². The van der Waals surface area contributed by atoms with Gasteiger partial charge in [-0.15, -0.1) is 0 Å². The number of carbonyl (C=O) groups excluding carboxylic acids is 1. The molecule has 2 unspecified atom stereocenters. The zero-order valence-corrected chi connectivity index (χ0v) is 34.9. The molecule has 7 rings (SSSR count). The Hall–Kier alpha value is -5.01. The van der Waals surface area contributed by atoms with Crippen LogP contribution in [-0.2, 0) is 46.2 Å². The van der Waals surface area contributed by atoms with E-state index in [0.29, 0.717) is 10.7 Å².